The summed E-state index contributed by atoms with van der Waals surface area (Å²) in [6.45, 7) is 2.66. The number of piperidine rings is 1. The molecule has 2 fully saturated rings. The lowest BCUT2D eigenvalue weighted by molar-refractivity contribution is -0.129. The Bertz CT molecular complexity index is 5830. The summed E-state index contributed by atoms with van der Waals surface area (Å²) in [4.78, 5) is 155. The number of nitrogens with zero attached hydrogens (tertiary/aromatic N) is 5. The van der Waals surface area contributed by atoms with Crippen LogP contribution in [0.25, 0.3) is 39.0 Å². The van der Waals surface area contributed by atoms with E-state index in [1.165, 1.54) is 87.9 Å². The van der Waals surface area contributed by atoms with Crippen LogP contribution in [0.5, 0.6) is 17.2 Å². The molecular formula is C78H79N9O24P3+. The first-order valence-electron chi connectivity index (χ1n) is 37.3. The quantitative estimate of drug-likeness (QED) is 0.0107. The van der Waals surface area contributed by atoms with Gasteiger partial charge in [0.05, 0.1) is 41.5 Å². The highest BCUT2D eigenvalue weighted by molar-refractivity contribution is 7.66. The van der Waals surface area contributed by atoms with Crippen LogP contribution in [-0.4, -0.2) is 156 Å². The van der Waals surface area contributed by atoms with Crippen LogP contribution in [0.3, 0.4) is 0 Å². The summed E-state index contributed by atoms with van der Waals surface area (Å²) in [6, 6.07) is 21.5. The maximum atomic E-state index is 15.2. The number of nitrogens with two attached hydrogens (primary N) is 1. The highest BCUT2D eigenvalue weighted by atomic mass is 31.3. The standard InChI is InChI=1S/C78H78N9O24P3/c79-71-47(41-87(77(98)82-71)64-24-19-50(107-64)42-106-113(102,103)111-114(104,105)110-112(99,100)101)9-4-28-80-63(90)14-2-1-3-27-81-76(97)78(25-33-86(34-26-78)73(92)46-16-21-51(58(38-46)75(95)96)65-53-22-17-48(88)39-61(53)108-62-40-49(89)18-23-54(62)65)83-72(91)45-15-20-52(57(37-45)74(93)94)66-59-35-43-10-5-29-84-31-7-12-55(67(43)84)69(59)109-70-56-13-8-32-85-30-6-11-44(68(56)85)36-60(66)70/h15-18,20-23,35-41,50,64H,1-3,5-8,10-14,19,24-34,42H2,(H11-,79,80,81,82,83,88,89,90,91,93,94,95,96,97,98,99,100,101,102,103,104,105)/p+1. The van der Waals surface area contributed by atoms with E-state index >= 15 is 9.59 Å². The molecule has 0 saturated carbocycles. The van der Waals surface area contributed by atoms with Crippen molar-refractivity contribution in [3.63, 3.8) is 0 Å². The van der Waals surface area contributed by atoms with E-state index in [1.807, 2.05) is 0 Å². The number of nitrogens with one attached hydrogen (secondary N) is 3. The normalized spacial score (nSPS) is 18.4. The van der Waals surface area contributed by atoms with Crippen LogP contribution < -0.4 is 57.6 Å². The number of unbranched alkanes of at least 4 members (excludes halogenated alkanes) is 2. The number of phenolic OH excluding ortho intramolecular Hbond substituents is 1. The largest absolute Gasteiger partial charge is 0.508 e. The molecule has 0 spiro atoms. The average Bonchev–Trinajstić information content (AvgIpc) is 0.720. The number of anilines is 2. The second-order valence-electron chi connectivity index (χ2n) is 29.2. The van der Waals surface area contributed by atoms with Gasteiger partial charge in [0.1, 0.15) is 59.3 Å². The van der Waals surface area contributed by atoms with Crippen molar-refractivity contribution >= 4 is 87.1 Å². The predicted octanol–water partition coefficient (Wildman–Crippen LogP) is 6.51. The second-order valence-corrected chi connectivity index (χ2v) is 33.6. The Morgan fingerprint density at radius 2 is 1.43 bits per heavy atom. The number of carboxylic acid groups (broad SMARTS) is 2. The highest BCUT2D eigenvalue weighted by Gasteiger charge is 2.46. The summed E-state index contributed by atoms with van der Waals surface area (Å²) >= 11 is 0. The smallest absolute Gasteiger partial charge is 0.490 e. The SMILES string of the molecule is Nc1nc(=O)n(C2CCC(COP(=O)(O)OP(=O)(O)OP(=O)(O)O)O2)cc1C#CCNC(=O)CCCCCNC(=O)C1(NC(=O)c2ccc(C3=c4cc5c6c(c4Oc4c3cc3c7c4CCCN7CCC3)CCC[N+]=6CCC5)c(C(=O)O)c2)CCN(C(=O)c2ccc(-c3c4ccc(=O)cc-4oc4cc(O)ccc34)c(C(=O)O)c2)CC1. The van der Waals surface area contributed by atoms with Crippen LogP contribution in [0, 0.1) is 11.8 Å². The minimum atomic E-state index is -5.76. The minimum absolute atomic E-state index is 0.00615. The topological polar surface area (TPSA) is 478 Å². The van der Waals surface area contributed by atoms with E-state index in [1.54, 1.807) is 18.2 Å². The van der Waals surface area contributed by atoms with Gasteiger partial charge in [-0.25, -0.2) is 32.7 Å². The van der Waals surface area contributed by atoms with E-state index in [9.17, 15) is 67.6 Å². The number of carbonyl (C=O) groups is 6. The lowest BCUT2D eigenvalue weighted by Gasteiger charge is -2.41. The van der Waals surface area contributed by atoms with Crippen molar-refractivity contribution in [2.24, 2.45) is 0 Å². The zero-order chi connectivity index (χ0) is 80.3. The number of phosphoric ester groups is 1. The predicted molar refractivity (Wildman–Crippen MR) is 409 cm³/mol. The number of aromatic nitrogens is 2. The fraction of sp³-hybridized carbons (Fsp3) is 0.359. The number of benzene rings is 6. The van der Waals surface area contributed by atoms with E-state index in [0.29, 0.717) is 46.9 Å². The number of likely N-dealkylation sites (tertiary alicyclic amines) is 1. The van der Waals surface area contributed by atoms with Gasteiger partial charge in [-0.15, -0.1) is 0 Å². The van der Waals surface area contributed by atoms with Crippen LogP contribution >= 0.6 is 23.5 Å². The number of hydrogen-bond donors (Lipinski definition) is 11. The number of aromatic carboxylic acids is 2. The van der Waals surface area contributed by atoms with E-state index in [2.05, 4.69) is 67.5 Å². The summed E-state index contributed by atoms with van der Waals surface area (Å²) in [7, 11) is -16.8. The Hall–Kier alpha value is -10.7. The first-order valence-corrected chi connectivity index (χ1v) is 41.9. The molecule has 4 unspecified atom stereocenters. The molecule has 33 nitrogen and oxygen atoms in total. The van der Waals surface area contributed by atoms with Crippen LogP contribution in [0.2, 0.25) is 0 Å². The molecule has 15 rings (SSSR count). The molecule has 9 heterocycles. The van der Waals surface area contributed by atoms with Gasteiger partial charge < -0.3 is 80.3 Å². The first kappa shape index (κ1) is 78.6. The summed E-state index contributed by atoms with van der Waals surface area (Å²) in [6.07, 6.45) is 7.42. The lowest BCUT2D eigenvalue weighted by atomic mass is 9.81. The Kier molecular flexibility index (Phi) is 21.8. The molecule has 2 saturated heterocycles. The molecule has 36 heteroatoms. The number of aryl methyl sites for hydroxylation is 2. The summed E-state index contributed by atoms with van der Waals surface area (Å²) in [5.74, 6) is 1.71. The fourth-order valence-corrected chi connectivity index (χ4v) is 19.7. The van der Waals surface area contributed by atoms with Crippen LogP contribution in [0.4, 0.5) is 11.5 Å². The third kappa shape index (κ3) is 16.1. The molecule has 1 aliphatic carbocycles. The molecule has 0 radical (unpaired) electrons. The zero-order valence-electron chi connectivity index (χ0n) is 61.2. The molecule has 6 aromatic rings. The number of rotatable bonds is 23. The third-order valence-electron chi connectivity index (χ3n) is 21.8. The molecule has 9 aliphatic rings. The Morgan fingerprint density at radius 1 is 0.719 bits per heavy atom. The van der Waals surface area contributed by atoms with Crippen molar-refractivity contribution in [3.8, 4) is 51.5 Å². The van der Waals surface area contributed by atoms with Gasteiger partial charge in [0.2, 0.25) is 17.2 Å². The van der Waals surface area contributed by atoms with Crippen molar-refractivity contribution < 1.29 is 104 Å². The third-order valence-corrected chi connectivity index (χ3v) is 25.6. The average molecular weight is 1620 g/mol. The van der Waals surface area contributed by atoms with Gasteiger partial charge in [-0.2, -0.15) is 13.6 Å². The number of phenols is 1. The lowest BCUT2D eigenvalue weighted by Crippen LogP contribution is -2.63. The van der Waals surface area contributed by atoms with Gasteiger partial charge in [-0.05, 0) is 154 Å². The molecule has 12 N–H and O–H groups in total. The fourth-order valence-electron chi connectivity index (χ4n) is 16.7. The summed E-state index contributed by atoms with van der Waals surface area (Å²) < 4.78 is 69.5. The Balaban J connectivity index is 0.647. The number of aromatic hydroxyl groups is 1. The Morgan fingerprint density at radius 3 is 2.20 bits per heavy atom. The molecule has 8 aliphatic heterocycles. The van der Waals surface area contributed by atoms with Crippen molar-refractivity contribution in [1.82, 2.24) is 35.0 Å². The molecule has 1 aromatic heterocycles. The summed E-state index contributed by atoms with van der Waals surface area (Å²) in [5, 5.41) is 43.7. The van der Waals surface area contributed by atoms with E-state index in [0.717, 1.165) is 116 Å². The molecule has 594 valence electrons. The van der Waals surface area contributed by atoms with Crippen LogP contribution in [0.1, 0.15) is 164 Å². The van der Waals surface area contributed by atoms with Gasteiger partial charge in [0.25, 0.3) is 11.8 Å². The van der Waals surface area contributed by atoms with Gasteiger partial charge in [0.15, 0.2) is 5.43 Å². The first-order chi connectivity index (χ1) is 54.5. The molecule has 4 atom stereocenters. The monoisotopic (exact) mass is 1620 g/mol. The van der Waals surface area contributed by atoms with E-state index in [4.69, 9.17) is 29.4 Å². The maximum absolute atomic E-state index is 15.2. The van der Waals surface area contributed by atoms with Crippen molar-refractivity contribution in [3.05, 3.63) is 184 Å². The van der Waals surface area contributed by atoms with Gasteiger partial charge in [-0.1, -0.05) is 30.4 Å². The van der Waals surface area contributed by atoms with Crippen molar-refractivity contribution in [2.75, 3.05) is 69.6 Å². The molecule has 4 amide bonds. The minimum Gasteiger partial charge on any atom is -0.508 e. The second kappa shape index (κ2) is 31.6. The number of fused-ring (bicyclic) bond motifs is 6. The van der Waals surface area contributed by atoms with Crippen LogP contribution in [0.15, 0.2) is 105 Å². The van der Waals surface area contributed by atoms with Gasteiger partial charge in [-0.3, -0.25) is 33.1 Å². The Labute approximate surface area is 648 Å². The number of nitrogen functional groups attached to an aromatic ring is 1. The number of ether oxygens (including phenoxy) is 2. The number of amides is 4. The molecule has 5 aromatic carbocycles. The number of hydrogen-bond acceptors (Lipinski definition) is 21. The number of carbonyl (C=O) groups excluding carboxylic acids is 4. The molecule has 0 bridgehead atoms. The molecular weight excluding hydrogens is 1540 g/mol. The van der Waals surface area contributed by atoms with Crippen molar-refractivity contribution in [2.45, 2.75) is 121 Å². The maximum Gasteiger partial charge on any atom is 0.490 e. The van der Waals surface area contributed by atoms with Crippen molar-refractivity contribution in [1.29, 1.82) is 0 Å². The number of carboxylic acids is 2. The highest BCUT2D eigenvalue weighted by Crippen LogP contribution is 2.66. The molecule has 114 heavy (non-hydrogen) atoms. The van der Waals surface area contributed by atoms with Gasteiger partial charge in [0, 0.05) is 131 Å². The number of phosphoric acid groups is 3. The zero-order valence-corrected chi connectivity index (χ0v) is 63.9. The van der Waals surface area contributed by atoms with E-state index < -0.39 is 83.3 Å². The van der Waals surface area contributed by atoms with Crippen LogP contribution in [-0.2, 0) is 66.8 Å². The summed E-state index contributed by atoms with van der Waals surface area (Å²) in [5.41, 5.74) is 11.5. The van der Waals surface area contributed by atoms with E-state index in [-0.39, 0.29) is 126 Å². The van der Waals surface area contributed by atoms with Gasteiger partial charge >= 0.3 is 41.1 Å².